The van der Waals surface area contributed by atoms with Crippen molar-refractivity contribution in [3.05, 3.63) is 52.5 Å². The van der Waals surface area contributed by atoms with Crippen molar-refractivity contribution < 1.29 is 13.6 Å². The lowest BCUT2D eigenvalue weighted by Crippen LogP contribution is -2.33. The molecule has 4 heterocycles. The molecule has 1 N–H and O–H groups in total. The highest BCUT2D eigenvalue weighted by atomic mass is 16.3. The molecule has 0 spiro atoms. The SMILES string of the molecule is Cc1cc2c(o1)c1cnn(CC(=O)NCc3ccco3)c(=O)c1n2C(C)C. The number of rotatable bonds is 5. The van der Waals surface area contributed by atoms with Gasteiger partial charge in [0.15, 0.2) is 5.58 Å². The van der Waals surface area contributed by atoms with Gasteiger partial charge in [0.2, 0.25) is 5.91 Å². The average molecular weight is 368 g/mol. The molecule has 0 bridgehead atoms. The molecule has 0 fully saturated rings. The van der Waals surface area contributed by atoms with Gasteiger partial charge >= 0.3 is 0 Å². The number of aryl methyl sites for hydroxylation is 1. The normalized spacial score (nSPS) is 11.7. The van der Waals surface area contributed by atoms with Gasteiger partial charge in [-0.1, -0.05) is 0 Å². The van der Waals surface area contributed by atoms with Gasteiger partial charge < -0.3 is 18.7 Å². The molecular formula is C19H20N4O4. The Labute approximate surface area is 154 Å². The maximum absolute atomic E-state index is 13.0. The van der Waals surface area contributed by atoms with Crippen molar-refractivity contribution in [2.45, 2.75) is 39.9 Å². The quantitative estimate of drug-likeness (QED) is 0.584. The van der Waals surface area contributed by atoms with Gasteiger partial charge in [-0.05, 0) is 32.9 Å². The van der Waals surface area contributed by atoms with Crippen LogP contribution in [0.1, 0.15) is 31.4 Å². The van der Waals surface area contributed by atoms with Crippen molar-refractivity contribution in [2.24, 2.45) is 0 Å². The van der Waals surface area contributed by atoms with Crippen LogP contribution in [-0.4, -0.2) is 20.3 Å². The van der Waals surface area contributed by atoms with Crippen LogP contribution in [0.15, 0.2) is 44.3 Å². The summed E-state index contributed by atoms with van der Waals surface area (Å²) in [5.41, 5.74) is 1.68. The van der Waals surface area contributed by atoms with Crippen LogP contribution in [0, 0.1) is 6.92 Å². The van der Waals surface area contributed by atoms with Crippen molar-refractivity contribution in [3.8, 4) is 0 Å². The molecule has 0 aliphatic rings. The third kappa shape index (κ3) is 2.92. The number of hydrogen-bond acceptors (Lipinski definition) is 5. The zero-order valence-corrected chi connectivity index (χ0v) is 15.4. The molecule has 4 aromatic heterocycles. The van der Waals surface area contributed by atoms with E-state index in [-0.39, 0.29) is 30.6 Å². The first-order chi connectivity index (χ1) is 13.0. The lowest BCUT2D eigenvalue weighted by atomic mass is 10.3. The maximum atomic E-state index is 13.0. The Bertz CT molecular complexity index is 1180. The van der Waals surface area contributed by atoms with Crippen LogP contribution in [0.2, 0.25) is 0 Å². The number of nitrogens with zero attached hydrogens (tertiary/aromatic N) is 3. The second-order valence-electron chi connectivity index (χ2n) is 6.76. The molecule has 140 valence electrons. The number of aromatic nitrogens is 3. The Balaban J connectivity index is 1.70. The van der Waals surface area contributed by atoms with E-state index >= 15 is 0 Å². The van der Waals surface area contributed by atoms with Crippen LogP contribution in [-0.2, 0) is 17.9 Å². The summed E-state index contributed by atoms with van der Waals surface area (Å²) in [7, 11) is 0. The van der Waals surface area contributed by atoms with E-state index in [2.05, 4.69) is 10.4 Å². The molecule has 4 rings (SSSR count). The zero-order valence-electron chi connectivity index (χ0n) is 15.4. The minimum atomic E-state index is -0.321. The Hall–Kier alpha value is -3.29. The molecule has 0 atom stereocenters. The lowest BCUT2D eigenvalue weighted by Gasteiger charge is -2.11. The standard InChI is InChI=1S/C19H20N4O4/c1-11(2)23-15-7-12(3)27-18(15)14-9-21-22(19(25)17(14)23)10-16(24)20-8-13-5-4-6-26-13/h4-7,9,11H,8,10H2,1-3H3,(H,20,24). The van der Waals surface area contributed by atoms with Crippen molar-refractivity contribution in [1.29, 1.82) is 0 Å². The molecule has 1 amide bonds. The van der Waals surface area contributed by atoms with E-state index in [1.807, 2.05) is 31.4 Å². The fourth-order valence-electron chi connectivity index (χ4n) is 3.31. The summed E-state index contributed by atoms with van der Waals surface area (Å²) in [6.45, 7) is 5.97. The summed E-state index contributed by atoms with van der Waals surface area (Å²) >= 11 is 0. The van der Waals surface area contributed by atoms with Crippen LogP contribution in [0.5, 0.6) is 0 Å². The number of hydrogen-bond donors (Lipinski definition) is 1. The molecule has 8 nitrogen and oxygen atoms in total. The molecule has 4 aromatic rings. The van der Waals surface area contributed by atoms with Gasteiger partial charge in [-0.3, -0.25) is 9.59 Å². The molecule has 27 heavy (non-hydrogen) atoms. The van der Waals surface area contributed by atoms with Crippen LogP contribution < -0.4 is 10.9 Å². The van der Waals surface area contributed by atoms with Crippen molar-refractivity contribution in [2.75, 3.05) is 0 Å². The smallest absolute Gasteiger partial charge is 0.291 e. The monoisotopic (exact) mass is 368 g/mol. The van der Waals surface area contributed by atoms with Crippen molar-refractivity contribution in [3.63, 3.8) is 0 Å². The zero-order chi connectivity index (χ0) is 19.1. The molecule has 0 aliphatic heterocycles. The molecule has 0 aliphatic carbocycles. The second-order valence-corrected chi connectivity index (χ2v) is 6.76. The molecular weight excluding hydrogens is 348 g/mol. The molecule has 0 saturated carbocycles. The molecule has 0 aromatic carbocycles. The van der Waals surface area contributed by atoms with Gasteiger partial charge in [0.1, 0.15) is 23.6 Å². The van der Waals surface area contributed by atoms with Crippen LogP contribution in [0.3, 0.4) is 0 Å². The summed E-state index contributed by atoms with van der Waals surface area (Å²) in [6, 6.07) is 5.48. The molecule has 0 saturated heterocycles. The van der Waals surface area contributed by atoms with E-state index in [1.165, 1.54) is 4.68 Å². The van der Waals surface area contributed by atoms with Gasteiger partial charge in [-0.2, -0.15) is 5.10 Å². The van der Waals surface area contributed by atoms with Gasteiger partial charge in [-0.25, -0.2) is 4.68 Å². The predicted molar refractivity (Wildman–Crippen MR) is 99.4 cm³/mol. The van der Waals surface area contributed by atoms with Gasteiger partial charge in [0.25, 0.3) is 5.56 Å². The lowest BCUT2D eigenvalue weighted by molar-refractivity contribution is -0.122. The number of amides is 1. The number of carbonyl (C=O) groups excluding carboxylic acids is 1. The van der Waals surface area contributed by atoms with E-state index < -0.39 is 0 Å². The Morgan fingerprint density at radius 1 is 1.37 bits per heavy atom. The fraction of sp³-hybridized carbons (Fsp3) is 0.316. The first-order valence-electron chi connectivity index (χ1n) is 8.75. The van der Waals surface area contributed by atoms with Crippen LogP contribution in [0.25, 0.3) is 22.0 Å². The Morgan fingerprint density at radius 2 is 2.19 bits per heavy atom. The highest BCUT2D eigenvalue weighted by molar-refractivity contribution is 6.04. The number of fused-ring (bicyclic) bond motifs is 3. The third-order valence-corrected chi connectivity index (χ3v) is 4.45. The van der Waals surface area contributed by atoms with E-state index in [0.29, 0.717) is 22.2 Å². The number of nitrogens with one attached hydrogen (secondary N) is 1. The highest BCUT2D eigenvalue weighted by Crippen LogP contribution is 2.31. The third-order valence-electron chi connectivity index (χ3n) is 4.45. The van der Waals surface area contributed by atoms with Gasteiger partial charge in [0.05, 0.1) is 29.9 Å². The van der Waals surface area contributed by atoms with Crippen molar-refractivity contribution >= 4 is 27.9 Å². The maximum Gasteiger partial charge on any atom is 0.291 e. The average Bonchev–Trinajstić information content (AvgIpc) is 3.31. The van der Waals surface area contributed by atoms with Crippen LogP contribution in [0.4, 0.5) is 0 Å². The largest absolute Gasteiger partial charge is 0.467 e. The summed E-state index contributed by atoms with van der Waals surface area (Å²) in [4.78, 5) is 25.2. The first-order valence-corrected chi connectivity index (χ1v) is 8.75. The summed E-state index contributed by atoms with van der Waals surface area (Å²) < 4.78 is 14.1. The molecule has 0 radical (unpaired) electrons. The summed E-state index contributed by atoms with van der Waals surface area (Å²) in [5.74, 6) is 1.10. The molecule has 0 unspecified atom stereocenters. The van der Waals surface area contributed by atoms with Crippen molar-refractivity contribution in [1.82, 2.24) is 19.7 Å². The highest BCUT2D eigenvalue weighted by Gasteiger charge is 2.21. The van der Waals surface area contributed by atoms with E-state index in [0.717, 1.165) is 11.3 Å². The van der Waals surface area contributed by atoms with E-state index in [1.54, 1.807) is 24.6 Å². The summed E-state index contributed by atoms with van der Waals surface area (Å²) in [6.07, 6.45) is 3.12. The first kappa shape index (κ1) is 17.1. The summed E-state index contributed by atoms with van der Waals surface area (Å²) in [5, 5.41) is 7.54. The fourth-order valence-corrected chi connectivity index (χ4v) is 3.31. The predicted octanol–water partition coefficient (Wildman–Crippen LogP) is 2.74. The van der Waals surface area contributed by atoms with Gasteiger partial charge in [0, 0.05) is 12.1 Å². The minimum Gasteiger partial charge on any atom is -0.467 e. The minimum absolute atomic E-state index is 0.0540. The number of carbonyl (C=O) groups is 1. The number of furan rings is 2. The van der Waals surface area contributed by atoms with E-state index in [4.69, 9.17) is 8.83 Å². The Morgan fingerprint density at radius 3 is 2.89 bits per heavy atom. The van der Waals surface area contributed by atoms with Crippen LogP contribution >= 0.6 is 0 Å². The van der Waals surface area contributed by atoms with Gasteiger partial charge in [-0.15, -0.1) is 0 Å². The topological polar surface area (TPSA) is 95.2 Å². The Kier molecular flexibility index (Phi) is 4.10. The second kappa shape index (κ2) is 6.46. The molecule has 8 heteroatoms. The van der Waals surface area contributed by atoms with E-state index in [9.17, 15) is 9.59 Å².